The summed E-state index contributed by atoms with van der Waals surface area (Å²) < 4.78 is 26.8. The summed E-state index contributed by atoms with van der Waals surface area (Å²) in [5.74, 6) is -1.73. The fourth-order valence-electron chi connectivity index (χ4n) is 1.77. The molecule has 104 valence electrons. The van der Waals surface area contributed by atoms with Crippen LogP contribution in [0, 0.1) is 11.6 Å². The standard InChI is InChI=1S/C14H11BrF2N2S/c15-9-2-1-3-12(13(9)14(18)20)19-7-8-4-5-10(16)11(17)6-8/h1-6,19H,7H2,(H2,18,20). The number of hydrogen-bond acceptors (Lipinski definition) is 2. The monoisotopic (exact) mass is 356 g/mol. The maximum atomic E-state index is 13.1. The van der Waals surface area contributed by atoms with Gasteiger partial charge in [-0.1, -0.05) is 24.4 Å². The summed E-state index contributed by atoms with van der Waals surface area (Å²) in [5, 5.41) is 3.11. The molecule has 0 radical (unpaired) electrons. The molecule has 0 saturated heterocycles. The van der Waals surface area contributed by atoms with Crippen LogP contribution < -0.4 is 11.1 Å². The Bertz CT molecular complexity index is 662. The normalized spacial score (nSPS) is 10.3. The first-order chi connectivity index (χ1) is 9.49. The maximum Gasteiger partial charge on any atom is 0.159 e. The van der Waals surface area contributed by atoms with E-state index in [1.54, 1.807) is 0 Å². The Morgan fingerprint density at radius 2 is 1.95 bits per heavy atom. The van der Waals surface area contributed by atoms with Gasteiger partial charge in [0.15, 0.2) is 11.6 Å². The van der Waals surface area contributed by atoms with Crippen molar-refractivity contribution in [1.82, 2.24) is 0 Å². The highest BCUT2D eigenvalue weighted by Crippen LogP contribution is 2.25. The smallest absolute Gasteiger partial charge is 0.159 e. The topological polar surface area (TPSA) is 38.0 Å². The molecule has 2 aromatic rings. The zero-order valence-corrected chi connectivity index (χ0v) is 12.7. The van der Waals surface area contributed by atoms with Crippen LogP contribution in [0.3, 0.4) is 0 Å². The molecular formula is C14H11BrF2N2S. The van der Waals surface area contributed by atoms with Gasteiger partial charge in [-0.2, -0.15) is 0 Å². The lowest BCUT2D eigenvalue weighted by atomic mass is 10.1. The molecule has 0 aromatic heterocycles. The second kappa shape index (κ2) is 6.28. The lowest BCUT2D eigenvalue weighted by molar-refractivity contribution is 0.507. The molecule has 2 nitrogen and oxygen atoms in total. The Kier molecular flexibility index (Phi) is 4.67. The van der Waals surface area contributed by atoms with Crippen LogP contribution in [0.1, 0.15) is 11.1 Å². The minimum atomic E-state index is -0.867. The summed E-state index contributed by atoms with van der Waals surface area (Å²) in [5.41, 5.74) is 7.72. The molecule has 0 unspecified atom stereocenters. The zero-order valence-electron chi connectivity index (χ0n) is 10.3. The summed E-state index contributed by atoms with van der Waals surface area (Å²) in [4.78, 5) is 0.255. The molecule has 6 heteroatoms. The predicted octanol–water partition coefficient (Wildman–Crippen LogP) is 3.97. The van der Waals surface area contributed by atoms with Crippen LogP contribution >= 0.6 is 28.1 Å². The molecule has 0 spiro atoms. The highest BCUT2D eigenvalue weighted by molar-refractivity contribution is 9.10. The zero-order chi connectivity index (χ0) is 14.7. The van der Waals surface area contributed by atoms with E-state index in [1.165, 1.54) is 6.07 Å². The number of rotatable bonds is 4. The van der Waals surface area contributed by atoms with Crippen molar-refractivity contribution in [2.45, 2.75) is 6.54 Å². The van der Waals surface area contributed by atoms with Crippen LogP contribution in [0.2, 0.25) is 0 Å². The van der Waals surface area contributed by atoms with Gasteiger partial charge in [-0.25, -0.2) is 8.78 Å². The van der Waals surface area contributed by atoms with Crippen molar-refractivity contribution < 1.29 is 8.78 Å². The van der Waals surface area contributed by atoms with Gasteiger partial charge in [0.05, 0.1) is 0 Å². The average Bonchev–Trinajstić information content (AvgIpc) is 2.39. The summed E-state index contributed by atoms with van der Waals surface area (Å²) in [6, 6.07) is 9.25. The van der Waals surface area contributed by atoms with Gasteiger partial charge in [-0.15, -0.1) is 0 Å². The van der Waals surface area contributed by atoms with Gasteiger partial charge in [-0.05, 0) is 45.8 Å². The van der Waals surface area contributed by atoms with Crippen molar-refractivity contribution in [1.29, 1.82) is 0 Å². The fourth-order valence-corrected chi connectivity index (χ4v) is 2.70. The van der Waals surface area contributed by atoms with E-state index >= 15 is 0 Å². The van der Waals surface area contributed by atoms with Crippen molar-refractivity contribution in [2.75, 3.05) is 5.32 Å². The third-order valence-electron chi connectivity index (χ3n) is 2.73. The highest BCUT2D eigenvalue weighted by atomic mass is 79.9. The molecule has 20 heavy (non-hydrogen) atoms. The van der Waals surface area contributed by atoms with Gasteiger partial charge in [0, 0.05) is 22.3 Å². The summed E-state index contributed by atoms with van der Waals surface area (Å²) in [6.07, 6.45) is 0. The van der Waals surface area contributed by atoms with E-state index in [0.29, 0.717) is 17.7 Å². The molecule has 0 bridgehead atoms. The van der Waals surface area contributed by atoms with E-state index in [2.05, 4.69) is 21.2 Å². The van der Waals surface area contributed by atoms with Crippen LogP contribution in [0.5, 0.6) is 0 Å². The van der Waals surface area contributed by atoms with Gasteiger partial charge >= 0.3 is 0 Å². The number of nitrogens with two attached hydrogens (primary N) is 1. The largest absolute Gasteiger partial charge is 0.389 e. The molecular weight excluding hydrogens is 346 g/mol. The highest BCUT2D eigenvalue weighted by Gasteiger charge is 2.09. The first-order valence-electron chi connectivity index (χ1n) is 5.75. The van der Waals surface area contributed by atoms with Crippen molar-refractivity contribution >= 4 is 38.8 Å². The molecule has 0 heterocycles. The van der Waals surface area contributed by atoms with E-state index in [4.69, 9.17) is 18.0 Å². The van der Waals surface area contributed by atoms with E-state index < -0.39 is 11.6 Å². The molecule has 0 aliphatic heterocycles. The molecule has 0 aliphatic rings. The molecule has 0 atom stereocenters. The summed E-state index contributed by atoms with van der Waals surface area (Å²) >= 11 is 8.38. The molecule has 0 amide bonds. The van der Waals surface area contributed by atoms with Crippen LogP contribution in [-0.2, 0) is 6.54 Å². The maximum absolute atomic E-state index is 13.1. The molecule has 0 fully saturated rings. The molecule has 0 aliphatic carbocycles. The van der Waals surface area contributed by atoms with Gasteiger partial charge in [0.2, 0.25) is 0 Å². The molecule has 3 N–H and O–H groups in total. The molecule has 2 aromatic carbocycles. The van der Waals surface area contributed by atoms with Gasteiger partial charge in [0.1, 0.15) is 4.99 Å². The minimum Gasteiger partial charge on any atom is -0.389 e. The van der Waals surface area contributed by atoms with E-state index in [-0.39, 0.29) is 4.99 Å². The number of nitrogens with one attached hydrogen (secondary N) is 1. The van der Waals surface area contributed by atoms with Gasteiger partial charge in [-0.3, -0.25) is 0 Å². The van der Waals surface area contributed by atoms with Crippen molar-refractivity contribution in [3.8, 4) is 0 Å². The van der Waals surface area contributed by atoms with Crippen molar-refractivity contribution in [2.24, 2.45) is 5.73 Å². The number of halogens is 3. The Labute approximate surface area is 129 Å². The minimum absolute atomic E-state index is 0.255. The third-order valence-corrected chi connectivity index (χ3v) is 3.59. The predicted molar refractivity (Wildman–Crippen MR) is 83.7 cm³/mol. The molecule has 2 rings (SSSR count). The van der Waals surface area contributed by atoms with E-state index in [1.807, 2.05) is 18.2 Å². The second-order valence-corrected chi connectivity index (χ2v) is 5.42. The first kappa shape index (κ1) is 14.9. The SMILES string of the molecule is NC(=S)c1c(Br)cccc1NCc1ccc(F)c(F)c1. The van der Waals surface area contributed by atoms with Gasteiger partial charge < -0.3 is 11.1 Å². The summed E-state index contributed by atoms with van der Waals surface area (Å²) in [6.45, 7) is 0.337. The second-order valence-electron chi connectivity index (χ2n) is 4.13. The van der Waals surface area contributed by atoms with Crippen molar-refractivity contribution in [3.05, 3.63) is 63.6 Å². The Hall–Kier alpha value is -1.53. The van der Waals surface area contributed by atoms with Crippen molar-refractivity contribution in [3.63, 3.8) is 0 Å². The Morgan fingerprint density at radius 1 is 1.20 bits per heavy atom. The third kappa shape index (κ3) is 3.32. The number of hydrogen-bond donors (Lipinski definition) is 2. The van der Waals surface area contributed by atoms with Crippen LogP contribution in [-0.4, -0.2) is 4.99 Å². The summed E-state index contributed by atoms with van der Waals surface area (Å²) in [7, 11) is 0. The number of anilines is 1. The first-order valence-corrected chi connectivity index (χ1v) is 6.95. The van der Waals surface area contributed by atoms with Crippen LogP contribution in [0.15, 0.2) is 40.9 Å². The van der Waals surface area contributed by atoms with E-state index in [9.17, 15) is 8.78 Å². The Morgan fingerprint density at radius 3 is 2.60 bits per heavy atom. The van der Waals surface area contributed by atoms with Gasteiger partial charge in [0.25, 0.3) is 0 Å². The number of benzene rings is 2. The fraction of sp³-hybridized carbons (Fsp3) is 0.0714. The lowest BCUT2D eigenvalue weighted by Crippen LogP contribution is -2.14. The average molecular weight is 357 g/mol. The molecule has 0 saturated carbocycles. The quantitative estimate of drug-likeness (QED) is 0.814. The van der Waals surface area contributed by atoms with Crippen LogP contribution in [0.4, 0.5) is 14.5 Å². The lowest BCUT2D eigenvalue weighted by Gasteiger charge is -2.13. The number of thiocarbonyl (C=S) groups is 1. The Balaban J connectivity index is 2.21. The van der Waals surface area contributed by atoms with Crippen LogP contribution in [0.25, 0.3) is 0 Å². The van der Waals surface area contributed by atoms with E-state index in [0.717, 1.165) is 22.3 Å².